The minimum absolute atomic E-state index is 0.0122. The maximum absolute atomic E-state index is 12.1. The van der Waals surface area contributed by atoms with Gasteiger partial charge in [-0.2, -0.15) is 0 Å². The molecule has 122 valence electrons. The Morgan fingerprint density at radius 3 is 2.83 bits per heavy atom. The highest BCUT2D eigenvalue weighted by atomic mass is 32.2. The molecule has 1 fully saturated rings. The van der Waals surface area contributed by atoms with Gasteiger partial charge in [0.05, 0.1) is 0 Å². The molecule has 0 atom stereocenters. The number of aromatic nitrogens is 2. The number of anilines is 1. The summed E-state index contributed by atoms with van der Waals surface area (Å²) in [5, 5.41) is 11.2. The van der Waals surface area contributed by atoms with E-state index in [1.807, 2.05) is 18.2 Å². The molecule has 0 unspecified atom stereocenters. The van der Waals surface area contributed by atoms with Crippen molar-refractivity contribution in [3.8, 4) is 11.5 Å². The van der Waals surface area contributed by atoms with Crippen LogP contribution in [-0.4, -0.2) is 21.4 Å². The van der Waals surface area contributed by atoms with Gasteiger partial charge in [-0.25, -0.2) is 0 Å². The monoisotopic (exact) mass is 331 g/mol. The maximum atomic E-state index is 12.1. The average molecular weight is 331 g/mol. The zero-order valence-corrected chi connectivity index (χ0v) is 14.2. The van der Waals surface area contributed by atoms with Gasteiger partial charge in [-0.05, 0) is 31.0 Å². The number of thioether (sulfide) groups is 1. The number of carbonyl (C=O) groups is 1. The third kappa shape index (κ3) is 4.13. The highest BCUT2D eigenvalue weighted by Crippen LogP contribution is 2.29. The topological polar surface area (TPSA) is 68.0 Å². The normalized spacial score (nSPS) is 15.3. The second-order valence-electron chi connectivity index (χ2n) is 6.08. The van der Waals surface area contributed by atoms with E-state index in [-0.39, 0.29) is 17.8 Å². The van der Waals surface area contributed by atoms with Crippen LogP contribution < -0.4 is 5.32 Å². The van der Waals surface area contributed by atoms with Crippen LogP contribution in [0.1, 0.15) is 39.5 Å². The van der Waals surface area contributed by atoms with E-state index in [1.165, 1.54) is 0 Å². The summed E-state index contributed by atoms with van der Waals surface area (Å²) in [5.41, 5.74) is 0.865. The molecule has 0 radical (unpaired) electrons. The van der Waals surface area contributed by atoms with Crippen LogP contribution in [0.3, 0.4) is 0 Å². The molecule has 0 spiro atoms. The molecule has 1 saturated carbocycles. The lowest BCUT2D eigenvalue weighted by Gasteiger charge is -2.06. The fourth-order valence-corrected chi connectivity index (χ4v) is 3.66. The highest BCUT2D eigenvalue weighted by molar-refractivity contribution is 7.99. The van der Waals surface area contributed by atoms with Crippen LogP contribution in [0.2, 0.25) is 0 Å². The molecule has 1 amide bonds. The summed E-state index contributed by atoms with van der Waals surface area (Å²) >= 11 is 1.78. The van der Waals surface area contributed by atoms with Crippen molar-refractivity contribution in [2.24, 2.45) is 5.92 Å². The Morgan fingerprint density at radius 1 is 1.30 bits per heavy atom. The summed E-state index contributed by atoms with van der Waals surface area (Å²) in [7, 11) is 0. The fourth-order valence-electron chi connectivity index (χ4n) is 2.76. The number of rotatable bonds is 5. The van der Waals surface area contributed by atoms with E-state index >= 15 is 0 Å². The molecule has 0 saturated heterocycles. The van der Waals surface area contributed by atoms with Gasteiger partial charge in [-0.1, -0.05) is 37.9 Å². The third-order valence-electron chi connectivity index (χ3n) is 3.83. The van der Waals surface area contributed by atoms with E-state index in [2.05, 4.69) is 35.4 Å². The Hall–Kier alpha value is -1.82. The van der Waals surface area contributed by atoms with Crippen molar-refractivity contribution in [2.45, 2.75) is 49.7 Å². The molecule has 6 heteroatoms. The van der Waals surface area contributed by atoms with Gasteiger partial charge in [-0.15, -0.1) is 16.9 Å². The van der Waals surface area contributed by atoms with Gasteiger partial charge < -0.3 is 4.42 Å². The molecule has 0 aliphatic heterocycles. The molecular weight excluding hydrogens is 310 g/mol. The molecule has 3 rings (SSSR count). The highest BCUT2D eigenvalue weighted by Gasteiger charge is 2.24. The third-order valence-corrected chi connectivity index (χ3v) is 4.83. The summed E-state index contributed by atoms with van der Waals surface area (Å²) < 4.78 is 5.60. The van der Waals surface area contributed by atoms with E-state index in [0.717, 1.165) is 36.1 Å². The Balaban J connectivity index is 1.70. The van der Waals surface area contributed by atoms with Crippen molar-refractivity contribution in [3.63, 3.8) is 0 Å². The fraction of sp³-hybridized carbons (Fsp3) is 0.471. The Morgan fingerprint density at radius 2 is 2.09 bits per heavy atom. The number of nitrogens with one attached hydrogen (secondary N) is 1. The minimum Gasteiger partial charge on any atom is -0.403 e. The molecule has 1 aromatic heterocycles. The zero-order chi connectivity index (χ0) is 16.2. The summed E-state index contributed by atoms with van der Waals surface area (Å²) in [6.07, 6.45) is 4.13. The number of hydrogen-bond acceptors (Lipinski definition) is 5. The Kier molecular flexibility index (Phi) is 5.00. The predicted octanol–water partition coefficient (Wildman–Crippen LogP) is 4.37. The van der Waals surface area contributed by atoms with E-state index in [0.29, 0.717) is 11.1 Å². The van der Waals surface area contributed by atoms with Crippen LogP contribution in [-0.2, 0) is 4.79 Å². The first-order valence-electron chi connectivity index (χ1n) is 8.03. The number of nitrogens with zero attached hydrogens (tertiary/aromatic N) is 2. The van der Waals surface area contributed by atoms with Gasteiger partial charge in [0, 0.05) is 21.6 Å². The van der Waals surface area contributed by atoms with E-state index < -0.39 is 0 Å². The molecule has 1 N–H and O–H groups in total. The summed E-state index contributed by atoms with van der Waals surface area (Å²) in [5.74, 6) is 0.496. The maximum Gasteiger partial charge on any atom is 0.322 e. The predicted molar refractivity (Wildman–Crippen MR) is 91.3 cm³/mol. The van der Waals surface area contributed by atoms with Crippen molar-refractivity contribution in [1.82, 2.24) is 10.2 Å². The van der Waals surface area contributed by atoms with Gasteiger partial charge in [-0.3, -0.25) is 10.1 Å². The van der Waals surface area contributed by atoms with E-state index in [1.54, 1.807) is 11.8 Å². The van der Waals surface area contributed by atoms with Crippen LogP contribution in [0.4, 0.5) is 6.01 Å². The molecule has 23 heavy (non-hydrogen) atoms. The van der Waals surface area contributed by atoms with Crippen molar-refractivity contribution in [2.75, 3.05) is 5.32 Å². The molecule has 1 aromatic carbocycles. The summed E-state index contributed by atoms with van der Waals surface area (Å²) in [4.78, 5) is 13.3. The quantitative estimate of drug-likeness (QED) is 0.824. The first kappa shape index (κ1) is 16.1. The molecule has 1 heterocycles. The number of benzene rings is 1. The molecule has 1 aliphatic rings. The van der Waals surface area contributed by atoms with Crippen LogP contribution in [0.25, 0.3) is 11.5 Å². The van der Waals surface area contributed by atoms with E-state index in [4.69, 9.17) is 4.42 Å². The van der Waals surface area contributed by atoms with Crippen molar-refractivity contribution >= 4 is 23.7 Å². The lowest BCUT2D eigenvalue weighted by atomic mass is 10.1. The van der Waals surface area contributed by atoms with Crippen LogP contribution in [0.5, 0.6) is 0 Å². The largest absolute Gasteiger partial charge is 0.403 e. The van der Waals surface area contributed by atoms with Gasteiger partial charge in [0.1, 0.15) is 0 Å². The SMILES string of the molecule is CC(C)Sc1cccc(-c2nnc(NC(=O)C3CCCC3)o2)c1. The number of hydrogen-bond donors (Lipinski definition) is 1. The molecule has 1 aliphatic carbocycles. The van der Waals surface area contributed by atoms with Crippen LogP contribution in [0, 0.1) is 5.92 Å². The second kappa shape index (κ2) is 7.17. The van der Waals surface area contributed by atoms with Gasteiger partial charge in [0.2, 0.25) is 11.8 Å². The number of amides is 1. The van der Waals surface area contributed by atoms with Crippen LogP contribution >= 0.6 is 11.8 Å². The average Bonchev–Trinajstić information content (AvgIpc) is 3.18. The smallest absolute Gasteiger partial charge is 0.322 e. The lowest BCUT2D eigenvalue weighted by Crippen LogP contribution is -2.20. The van der Waals surface area contributed by atoms with Gasteiger partial charge >= 0.3 is 6.01 Å². The second-order valence-corrected chi connectivity index (χ2v) is 7.73. The number of carbonyl (C=O) groups excluding carboxylic acids is 1. The zero-order valence-electron chi connectivity index (χ0n) is 13.4. The first-order valence-corrected chi connectivity index (χ1v) is 8.91. The molecule has 2 aromatic rings. The lowest BCUT2D eigenvalue weighted by molar-refractivity contribution is -0.119. The molecular formula is C17H21N3O2S. The summed E-state index contributed by atoms with van der Waals surface area (Å²) in [6, 6.07) is 8.18. The van der Waals surface area contributed by atoms with Crippen molar-refractivity contribution in [3.05, 3.63) is 24.3 Å². The minimum atomic E-state index is -0.0122. The van der Waals surface area contributed by atoms with Crippen molar-refractivity contribution in [1.29, 1.82) is 0 Å². The van der Waals surface area contributed by atoms with Crippen molar-refractivity contribution < 1.29 is 9.21 Å². The summed E-state index contributed by atoms with van der Waals surface area (Å²) in [6.45, 7) is 4.31. The first-order chi connectivity index (χ1) is 11.1. The van der Waals surface area contributed by atoms with Gasteiger partial charge in [0.25, 0.3) is 0 Å². The van der Waals surface area contributed by atoms with Crippen LogP contribution in [0.15, 0.2) is 33.6 Å². The Bertz CT molecular complexity index is 678. The van der Waals surface area contributed by atoms with E-state index in [9.17, 15) is 4.79 Å². The molecule has 0 bridgehead atoms. The molecule has 5 nitrogen and oxygen atoms in total. The standard InChI is InChI=1S/C17H21N3O2S/c1-11(2)23-14-9-5-8-13(10-14)16-19-20-17(22-16)18-15(21)12-6-3-4-7-12/h5,8-12H,3-4,6-7H2,1-2H3,(H,18,20,21). The van der Waals surface area contributed by atoms with Gasteiger partial charge in [0.15, 0.2) is 0 Å². The Labute approximate surface area is 140 Å².